The van der Waals surface area contributed by atoms with Gasteiger partial charge in [0.25, 0.3) is 0 Å². The zero-order valence-electron chi connectivity index (χ0n) is 18.8. The average Bonchev–Trinajstić information content (AvgIpc) is 2.78. The van der Waals surface area contributed by atoms with Gasteiger partial charge in [0.2, 0.25) is 5.91 Å². The lowest BCUT2D eigenvalue weighted by atomic mass is 10.2. The number of carbonyl (C=O) groups excluding carboxylic acids is 1. The molecular weight excluding hydrogens is 543 g/mol. The number of nitrogens with one attached hydrogen (secondary N) is 2. The topological polar surface area (TPSA) is 69.2 Å². The van der Waals surface area contributed by atoms with E-state index >= 15 is 0 Å². The summed E-state index contributed by atoms with van der Waals surface area (Å²) in [6.45, 7) is 2.81. The lowest BCUT2D eigenvalue weighted by molar-refractivity contribution is -0.120. The van der Waals surface area contributed by atoms with Gasteiger partial charge in [0.1, 0.15) is 5.75 Å². The quantitative estimate of drug-likeness (QED) is 0.288. The Morgan fingerprint density at radius 2 is 1.85 bits per heavy atom. The Balaban J connectivity index is 0.00000385. The van der Waals surface area contributed by atoms with Gasteiger partial charge in [-0.15, -0.1) is 24.0 Å². The molecule has 1 amide bonds. The number of alkyl halides is 2. The first-order valence-corrected chi connectivity index (χ1v) is 10.6. The maximum Gasteiger partial charge on any atom is 0.387 e. The normalized spacial score (nSPS) is 13.9. The van der Waals surface area contributed by atoms with Crippen molar-refractivity contribution in [1.29, 1.82) is 0 Å². The second kappa shape index (κ2) is 13.2. The van der Waals surface area contributed by atoms with E-state index < -0.39 is 6.61 Å². The molecule has 3 rings (SSSR count). The zero-order valence-corrected chi connectivity index (χ0v) is 21.1. The largest absolute Gasteiger partial charge is 0.435 e. The third kappa shape index (κ3) is 8.34. The molecule has 0 atom stereocenters. The minimum Gasteiger partial charge on any atom is -0.435 e. The third-order valence-electron chi connectivity index (χ3n) is 5.02. The van der Waals surface area contributed by atoms with Crippen molar-refractivity contribution in [3.63, 3.8) is 0 Å². The number of ether oxygens (including phenoxy) is 1. The van der Waals surface area contributed by atoms with Crippen LogP contribution in [0.3, 0.4) is 0 Å². The molecule has 0 saturated carbocycles. The number of aliphatic imine (C=N–C) groups is 1. The van der Waals surface area contributed by atoms with Gasteiger partial charge in [-0.25, -0.2) is 4.99 Å². The van der Waals surface area contributed by atoms with E-state index in [1.807, 2.05) is 43.1 Å². The zero-order chi connectivity index (χ0) is 22.9. The molecule has 180 valence electrons. The Morgan fingerprint density at radius 1 is 1.18 bits per heavy atom. The Morgan fingerprint density at radius 3 is 2.45 bits per heavy atom. The molecule has 0 spiro atoms. The molecule has 1 saturated heterocycles. The fraction of sp³-hybridized carbons (Fsp3) is 0.391. The van der Waals surface area contributed by atoms with Crippen molar-refractivity contribution in [2.45, 2.75) is 26.6 Å². The lowest BCUT2D eigenvalue weighted by Gasteiger charge is -2.28. The molecule has 2 N–H and O–H groups in total. The standard InChI is InChI=1S/C23H29F2N5O2.HI/c1-3-26-23(29(2)15-18-6-10-20(11-7-18)32-22(24)25)28-14-17-4-8-19(9-5-17)30-13-12-27-21(31)16-30;/h4-11,22H,3,12-16H2,1-2H3,(H,26,28)(H,27,31);1H. The number of halogens is 3. The highest BCUT2D eigenvalue weighted by atomic mass is 127. The number of carbonyl (C=O) groups is 1. The van der Waals surface area contributed by atoms with Gasteiger partial charge in [0.15, 0.2) is 5.96 Å². The van der Waals surface area contributed by atoms with E-state index in [1.165, 1.54) is 12.1 Å². The van der Waals surface area contributed by atoms with Crippen LogP contribution in [0, 0.1) is 0 Å². The van der Waals surface area contributed by atoms with E-state index in [0.29, 0.717) is 26.2 Å². The number of benzene rings is 2. The molecule has 33 heavy (non-hydrogen) atoms. The number of piperazine rings is 1. The highest BCUT2D eigenvalue weighted by Gasteiger charge is 2.16. The van der Waals surface area contributed by atoms with E-state index in [2.05, 4.69) is 20.3 Å². The van der Waals surface area contributed by atoms with Gasteiger partial charge in [0.05, 0.1) is 13.1 Å². The molecule has 0 unspecified atom stereocenters. The first-order chi connectivity index (χ1) is 15.4. The smallest absolute Gasteiger partial charge is 0.387 e. The third-order valence-corrected chi connectivity index (χ3v) is 5.02. The van der Waals surface area contributed by atoms with Crippen molar-refractivity contribution in [2.24, 2.45) is 4.99 Å². The Labute approximate surface area is 210 Å². The van der Waals surface area contributed by atoms with Gasteiger partial charge >= 0.3 is 6.61 Å². The molecule has 1 aliphatic rings. The predicted molar refractivity (Wildman–Crippen MR) is 136 cm³/mol. The van der Waals surface area contributed by atoms with Crippen LogP contribution in [0.5, 0.6) is 5.75 Å². The van der Waals surface area contributed by atoms with Crippen LogP contribution in [0.1, 0.15) is 18.1 Å². The Kier molecular flexibility index (Phi) is 10.6. The molecule has 1 aliphatic heterocycles. The van der Waals surface area contributed by atoms with Crippen LogP contribution in [0.4, 0.5) is 14.5 Å². The number of guanidine groups is 1. The van der Waals surface area contributed by atoms with Crippen molar-refractivity contribution in [3.8, 4) is 5.75 Å². The number of hydrogen-bond donors (Lipinski definition) is 2. The first-order valence-electron chi connectivity index (χ1n) is 10.6. The molecule has 2 aromatic rings. The lowest BCUT2D eigenvalue weighted by Crippen LogP contribution is -2.47. The molecular formula is C23H30F2IN5O2. The summed E-state index contributed by atoms with van der Waals surface area (Å²) in [4.78, 5) is 20.3. The van der Waals surface area contributed by atoms with Gasteiger partial charge in [-0.3, -0.25) is 4.79 Å². The summed E-state index contributed by atoms with van der Waals surface area (Å²) < 4.78 is 29.0. The molecule has 0 aromatic heterocycles. The molecule has 1 heterocycles. The molecule has 0 bridgehead atoms. The SMILES string of the molecule is CCNC(=NCc1ccc(N2CCNC(=O)C2)cc1)N(C)Cc1ccc(OC(F)F)cc1.I. The Hall–Kier alpha value is -2.63. The van der Waals surface area contributed by atoms with Gasteiger partial charge in [-0.05, 0) is 42.3 Å². The van der Waals surface area contributed by atoms with Gasteiger partial charge in [0, 0.05) is 38.9 Å². The maximum absolute atomic E-state index is 12.3. The maximum atomic E-state index is 12.3. The molecule has 0 radical (unpaired) electrons. The van der Waals surface area contributed by atoms with Crippen molar-refractivity contribution in [2.75, 3.05) is 38.1 Å². The van der Waals surface area contributed by atoms with Crippen LogP contribution < -0.4 is 20.3 Å². The summed E-state index contributed by atoms with van der Waals surface area (Å²) in [5, 5.41) is 6.11. The van der Waals surface area contributed by atoms with Crippen LogP contribution in [-0.2, 0) is 17.9 Å². The summed E-state index contributed by atoms with van der Waals surface area (Å²) in [6.07, 6.45) is 0. The number of hydrogen-bond acceptors (Lipinski definition) is 4. The number of anilines is 1. The fourth-order valence-corrected chi connectivity index (χ4v) is 3.43. The van der Waals surface area contributed by atoms with E-state index in [1.54, 1.807) is 12.1 Å². The van der Waals surface area contributed by atoms with E-state index in [4.69, 9.17) is 4.99 Å². The molecule has 0 aliphatic carbocycles. The van der Waals surface area contributed by atoms with Crippen molar-refractivity contribution >= 4 is 41.5 Å². The van der Waals surface area contributed by atoms with E-state index in [9.17, 15) is 13.6 Å². The van der Waals surface area contributed by atoms with Gasteiger partial charge < -0.3 is 25.2 Å². The first kappa shape index (κ1) is 26.6. The van der Waals surface area contributed by atoms with Crippen LogP contribution in [0.2, 0.25) is 0 Å². The van der Waals surface area contributed by atoms with Crippen molar-refractivity contribution in [1.82, 2.24) is 15.5 Å². The number of amides is 1. The second-order valence-electron chi connectivity index (χ2n) is 7.49. The summed E-state index contributed by atoms with van der Waals surface area (Å²) in [5.41, 5.74) is 3.04. The summed E-state index contributed by atoms with van der Waals surface area (Å²) >= 11 is 0. The average molecular weight is 573 g/mol. The molecule has 2 aromatic carbocycles. The highest BCUT2D eigenvalue weighted by molar-refractivity contribution is 14.0. The molecule has 7 nitrogen and oxygen atoms in total. The summed E-state index contributed by atoms with van der Waals surface area (Å²) in [7, 11) is 1.93. The predicted octanol–water partition coefficient (Wildman–Crippen LogP) is 3.44. The van der Waals surface area contributed by atoms with Crippen LogP contribution >= 0.6 is 24.0 Å². The number of nitrogens with zero attached hydrogens (tertiary/aromatic N) is 3. The van der Waals surface area contributed by atoms with Gasteiger partial charge in [-0.2, -0.15) is 8.78 Å². The van der Waals surface area contributed by atoms with Crippen LogP contribution in [0.25, 0.3) is 0 Å². The number of rotatable bonds is 8. The molecule has 10 heteroatoms. The van der Waals surface area contributed by atoms with Gasteiger partial charge in [-0.1, -0.05) is 24.3 Å². The monoisotopic (exact) mass is 573 g/mol. The highest BCUT2D eigenvalue weighted by Crippen LogP contribution is 2.18. The van der Waals surface area contributed by atoms with E-state index in [0.717, 1.165) is 35.9 Å². The Bertz CT molecular complexity index is 910. The summed E-state index contributed by atoms with van der Waals surface area (Å²) in [5.74, 6) is 0.928. The van der Waals surface area contributed by atoms with Crippen LogP contribution in [0.15, 0.2) is 53.5 Å². The minimum atomic E-state index is -2.83. The van der Waals surface area contributed by atoms with Crippen molar-refractivity contribution < 1.29 is 18.3 Å². The fourth-order valence-electron chi connectivity index (χ4n) is 3.43. The second-order valence-corrected chi connectivity index (χ2v) is 7.49. The molecule has 1 fully saturated rings. The van der Waals surface area contributed by atoms with Crippen molar-refractivity contribution in [3.05, 3.63) is 59.7 Å². The minimum absolute atomic E-state index is 0. The van der Waals surface area contributed by atoms with E-state index in [-0.39, 0.29) is 35.6 Å². The van der Waals surface area contributed by atoms with Crippen LogP contribution in [-0.4, -0.2) is 56.6 Å². The summed E-state index contributed by atoms with van der Waals surface area (Å²) in [6, 6.07) is 14.7.